The molecule has 0 unspecified atom stereocenters. The Morgan fingerprint density at radius 3 is 1.79 bits per heavy atom. The van der Waals surface area contributed by atoms with Crippen molar-refractivity contribution < 1.29 is 0 Å². The lowest BCUT2D eigenvalue weighted by atomic mass is 10.2. The van der Waals surface area contributed by atoms with Gasteiger partial charge in [0.1, 0.15) is 5.30 Å². The van der Waals surface area contributed by atoms with E-state index in [2.05, 4.69) is 103 Å². The summed E-state index contributed by atoms with van der Waals surface area (Å²) in [6.45, 7) is 4.45. The zero-order chi connectivity index (χ0) is 16.3. The second kappa shape index (κ2) is 5.61. The van der Waals surface area contributed by atoms with Gasteiger partial charge in [0.05, 0.1) is 32.6 Å². The van der Waals surface area contributed by atoms with Crippen LogP contribution >= 0.6 is 35.7 Å². The van der Waals surface area contributed by atoms with Crippen molar-refractivity contribution >= 4 is 51.6 Å². The third kappa shape index (κ3) is 2.17. The number of rotatable bonds is 1. The summed E-state index contributed by atoms with van der Waals surface area (Å²) in [6, 6.07) is 25.5. The van der Waals surface area contributed by atoms with E-state index < -0.39 is 5.35 Å². The maximum Gasteiger partial charge on any atom is 0.202 e. The SMILES string of the molecule is Cc1ccc2c(c1)P1c3cc(C)ccc3S[P+]1(c1ccccc1)S2. The molecule has 2 heterocycles. The second-order valence-electron chi connectivity index (χ2n) is 6.29. The third-order valence-electron chi connectivity index (χ3n) is 4.48. The number of aryl methyl sites for hydroxylation is 2. The minimum atomic E-state index is -1.37. The van der Waals surface area contributed by atoms with E-state index in [1.54, 1.807) is 15.9 Å². The van der Waals surface area contributed by atoms with Crippen LogP contribution in [0.25, 0.3) is 0 Å². The zero-order valence-corrected chi connectivity index (χ0v) is 17.0. The van der Waals surface area contributed by atoms with E-state index in [9.17, 15) is 0 Å². The standard InChI is InChI=1S/C20H17P2S2/c1-14-8-10-19-17(12-14)21-18-13-15(2)9-11-20(18)24-22(21,23-19)16-6-4-3-5-7-16/h3-13H,1-2H3/q+1. The van der Waals surface area contributed by atoms with Gasteiger partial charge in [-0.05, 0) is 50.2 Å². The Hall–Kier alpha value is -0.780. The molecule has 0 atom stereocenters. The Kier molecular flexibility index (Phi) is 3.62. The van der Waals surface area contributed by atoms with Gasteiger partial charge in [-0.25, -0.2) is 0 Å². The monoisotopic (exact) mass is 383 g/mol. The molecule has 118 valence electrons. The highest BCUT2D eigenvalue weighted by Crippen LogP contribution is 3.03. The first-order valence-corrected chi connectivity index (χ1v) is 14.7. The van der Waals surface area contributed by atoms with E-state index in [0.717, 1.165) is 0 Å². The fourth-order valence-electron chi connectivity index (χ4n) is 3.36. The first-order chi connectivity index (χ1) is 11.7. The highest BCUT2D eigenvalue weighted by atomic mass is 33.2. The van der Waals surface area contributed by atoms with Gasteiger partial charge in [0, 0.05) is 10.6 Å². The average Bonchev–Trinajstić information content (AvgIpc) is 3.08. The molecule has 0 bridgehead atoms. The summed E-state index contributed by atoms with van der Waals surface area (Å²) in [7, 11) is -0.281. The molecule has 4 heteroatoms. The summed E-state index contributed by atoms with van der Waals surface area (Å²) in [6.07, 6.45) is 0. The maximum atomic E-state index is 2.46. The minimum absolute atomic E-state index is 0.281. The maximum absolute atomic E-state index is 2.46. The predicted molar refractivity (Wildman–Crippen MR) is 113 cm³/mol. The van der Waals surface area contributed by atoms with E-state index in [1.165, 1.54) is 20.9 Å². The minimum Gasteiger partial charge on any atom is -0.0620 e. The van der Waals surface area contributed by atoms with Gasteiger partial charge < -0.3 is 0 Å². The number of hydrogen-bond donors (Lipinski definition) is 0. The highest BCUT2D eigenvalue weighted by molar-refractivity contribution is 9.15. The van der Waals surface area contributed by atoms with Crippen LogP contribution in [0.3, 0.4) is 0 Å². The van der Waals surface area contributed by atoms with Gasteiger partial charge in [-0.1, -0.05) is 41.5 Å². The number of fused-ring (bicyclic) bond motifs is 5. The van der Waals surface area contributed by atoms with Gasteiger partial charge in [-0.15, -0.1) is 0 Å². The van der Waals surface area contributed by atoms with Crippen molar-refractivity contribution in [3.8, 4) is 0 Å². The van der Waals surface area contributed by atoms with E-state index in [0.29, 0.717) is 0 Å². The summed E-state index contributed by atoms with van der Waals surface area (Å²) in [5.41, 5.74) is 2.77. The van der Waals surface area contributed by atoms with Crippen LogP contribution in [-0.4, -0.2) is 0 Å². The highest BCUT2D eigenvalue weighted by Gasteiger charge is 2.64. The van der Waals surface area contributed by atoms with Gasteiger partial charge in [0.15, 0.2) is 7.61 Å². The van der Waals surface area contributed by atoms with Gasteiger partial charge >= 0.3 is 0 Å². The molecule has 24 heavy (non-hydrogen) atoms. The quantitative estimate of drug-likeness (QED) is 0.470. The zero-order valence-electron chi connectivity index (χ0n) is 13.6. The molecule has 0 N–H and O–H groups in total. The van der Waals surface area contributed by atoms with Gasteiger partial charge in [-0.2, -0.15) is 0 Å². The molecule has 0 fully saturated rings. The Labute approximate surface area is 152 Å². The summed E-state index contributed by atoms with van der Waals surface area (Å²) < 4.78 is 0. The molecule has 3 aromatic rings. The predicted octanol–water partition coefficient (Wildman–Crippen LogP) is 6.04. The largest absolute Gasteiger partial charge is 0.202 e. The van der Waals surface area contributed by atoms with Crippen LogP contribution in [0.1, 0.15) is 11.1 Å². The third-order valence-corrected chi connectivity index (χ3v) is 22.8. The van der Waals surface area contributed by atoms with Crippen LogP contribution in [0.5, 0.6) is 0 Å². The van der Waals surface area contributed by atoms with Gasteiger partial charge in [0.2, 0.25) is 5.35 Å². The molecule has 2 aliphatic rings. The lowest BCUT2D eigenvalue weighted by molar-refractivity contribution is 1.42. The van der Waals surface area contributed by atoms with Crippen LogP contribution in [-0.2, 0) is 0 Å². The fourth-order valence-corrected chi connectivity index (χ4v) is 25.7. The van der Waals surface area contributed by atoms with E-state index in [-0.39, 0.29) is 7.61 Å². The molecule has 0 saturated carbocycles. The smallest absolute Gasteiger partial charge is 0.0620 e. The summed E-state index contributed by atoms with van der Waals surface area (Å²) in [4.78, 5) is 3.03. The molecule has 0 spiro atoms. The van der Waals surface area contributed by atoms with Crippen LogP contribution in [0.4, 0.5) is 0 Å². The van der Waals surface area contributed by atoms with Crippen molar-refractivity contribution in [3.05, 3.63) is 77.9 Å². The molecular weight excluding hydrogens is 366 g/mol. The van der Waals surface area contributed by atoms with Crippen LogP contribution in [0.2, 0.25) is 0 Å². The molecule has 2 aliphatic heterocycles. The number of hydrogen-bond acceptors (Lipinski definition) is 2. The molecular formula is C20H17P2S2+. The molecule has 0 aliphatic carbocycles. The van der Waals surface area contributed by atoms with Crippen molar-refractivity contribution in [2.75, 3.05) is 0 Å². The lowest BCUT2D eigenvalue weighted by Gasteiger charge is -2.17. The van der Waals surface area contributed by atoms with E-state index in [4.69, 9.17) is 0 Å². The van der Waals surface area contributed by atoms with Crippen molar-refractivity contribution in [1.29, 1.82) is 0 Å². The molecule has 0 radical (unpaired) electrons. The normalized spacial score (nSPS) is 23.7. The Morgan fingerprint density at radius 2 is 1.25 bits per heavy atom. The summed E-state index contributed by atoms with van der Waals surface area (Å²) >= 11 is 4.36. The van der Waals surface area contributed by atoms with Crippen LogP contribution < -0.4 is 15.9 Å². The van der Waals surface area contributed by atoms with Crippen LogP contribution in [0.15, 0.2) is 76.5 Å². The van der Waals surface area contributed by atoms with Crippen molar-refractivity contribution in [2.24, 2.45) is 0 Å². The molecule has 0 saturated heterocycles. The lowest BCUT2D eigenvalue weighted by Crippen LogP contribution is -2.11. The average molecular weight is 383 g/mol. The van der Waals surface area contributed by atoms with Gasteiger partial charge in [-0.3, -0.25) is 0 Å². The Morgan fingerprint density at radius 1 is 0.708 bits per heavy atom. The first kappa shape index (κ1) is 15.5. The number of benzene rings is 3. The Balaban J connectivity index is 1.80. The molecule has 5 rings (SSSR count). The van der Waals surface area contributed by atoms with Crippen molar-refractivity contribution in [3.63, 3.8) is 0 Å². The summed E-state index contributed by atoms with van der Waals surface area (Å²) in [5.74, 6) is 0. The van der Waals surface area contributed by atoms with Crippen molar-refractivity contribution in [1.82, 2.24) is 0 Å². The van der Waals surface area contributed by atoms with Crippen LogP contribution in [0, 0.1) is 13.8 Å². The van der Waals surface area contributed by atoms with Gasteiger partial charge in [0.25, 0.3) is 0 Å². The van der Waals surface area contributed by atoms with Crippen molar-refractivity contribution in [2.45, 2.75) is 23.6 Å². The summed E-state index contributed by atoms with van der Waals surface area (Å²) in [5, 5.41) is 3.43. The Bertz CT molecular complexity index is 898. The fraction of sp³-hybridized carbons (Fsp3) is 0.100. The van der Waals surface area contributed by atoms with E-state index in [1.807, 2.05) is 0 Å². The molecule has 0 aromatic heterocycles. The second-order valence-corrected chi connectivity index (χ2v) is 20.4. The first-order valence-electron chi connectivity index (χ1n) is 8.03. The molecule has 3 aromatic carbocycles. The molecule has 0 nitrogen and oxygen atoms in total. The molecule has 0 amide bonds. The van der Waals surface area contributed by atoms with E-state index >= 15 is 0 Å². The topological polar surface area (TPSA) is 0 Å².